The Bertz CT molecular complexity index is 2030. The predicted octanol–water partition coefficient (Wildman–Crippen LogP) is 9.58. The number of ketones is 2. The number of carbonyl (C=O) groups excluding carboxylic acids is 4. The van der Waals surface area contributed by atoms with Gasteiger partial charge < -0.3 is 19.3 Å². The van der Waals surface area contributed by atoms with Gasteiger partial charge in [0.15, 0.2) is 0 Å². The Balaban J connectivity index is 0.00000207. The fraction of sp³-hybridized carbons (Fsp3) is 0.273. The number of benzene rings is 4. The van der Waals surface area contributed by atoms with Crippen LogP contribution in [0.5, 0.6) is 0 Å². The van der Waals surface area contributed by atoms with Crippen molar-refractivity contribution in [3.05, 3.63) is 143 Å². The molecule has 0 unspecified atom stereocenters. The molecule has 8 nitrogen and oxygen atoms in total. The first-order chi connectivity index (χ1) is 27.6. The molecule has 0 aromatic heterocycles. The monoisotopic (exact) mass is 806 g/mol. The molecule has 4 aromatic rings. The highest BCUT2D eigenvalue weighted by Crippen LogP contribution is 2.35. The third kappa shape index (κ3) is 10.6. The van der Waals surface area contributed by atoms with Crippen molar-refractivity contribution in [1.82, 2.24) is 0 Å². The van der Waals surface area contributed by atoms with Crippen LogP contribution in [0.1, 0.15) is 69.7 Å². The molecule has 0 bridgehead atoms. The molecule has 4 aromatic carbocycles. The number of alkyl halides is 6. The zero-order valence-corrected chi connectivity index (χ0v) is 31.7. The van der Waals surface area contributed by atoms with Gasteiger partial charge in [-0.3, -0.25) is 9.59 Å². The average Bonchev–Trinajstić information content (AvgIpc) is 3.81. The lowest BCUT2D eigenvalue weighted by Crippen LogP contribution is -2.26. The summed E-state index contributed by atoms with van der Waals surface area (Å²) in [5.41, 5.74) is 2.16. The highest BCUT2D eigenvalue weighted by Gasteiger charge is 2.42. The molecule has 58 heavy (non-hydrogen) atoms. The largest absolute Gasteiger partial charge is 0.462 e. The lowest BCUT2D eigenvalue weighted by atomic mass is 10.0. The Morgan fingerprint density at radius 2 is 0.931 bits per heavy atom. The number of anilines is 2. The molecule has 0 spiro atoms. The SMILES string of the molecule is CCC.O=C(OCCCOC(=O)c1ccc2c(c1)CCN2/C=C(\C(=O)C(F)(F)F)c1ccccc1)c1ccc2c(c1)CCN2/C=C(\C(=O)C(F)(F)F)c1ccccc1. The highest BCUT2D eigenvalue weighted by atomic mass is 19.4. The van der Waals surface area contributed by atoms with Gasteiger partial charge in [0.2, 0.25) is 0 Å². The van der Waals surface area contributed by atoms with Crippen LogP contribution < -0.4 is 9.80 Å². The number of hydrogen-bond acceptors (Lipinski definition) is 8. The number of esters is 2. The summed E-state index contributed by atoms with van der Waals surface area (Å²) in [6.45, 7) is 4.67. The summed E-state index contributed by atoms with van der Waals surface area (Å²) in [4.78, 5) is 53.2. The highest BCUT2D eigenvalue weighted by molar-refractivity contribution is 6.24. The van der Waals surface area contributed by atoms with Gasteiger partial charge in [-0.2, -0.15) is 26.3 Å². The molecular weight excluding hydrogens is 766 g/mol. The van der Waals surface area contributed by atoms with Gasteiger partial charge in [-0.15, -0.1) is 0 Å². The lowest BCUT2D eigenvalue weighted by Gasteiger charge is -2.18. The van der Waals surface area contributed by atoms with Crippen molar-refractivity contribution in [1.29, 1.82) is 0 Å². The van der Waals surface area contributed by atoms with E-state index in [1.165, 1.54) is 79.5 Å². The third-order valence-corrected chi connectivity index (χ3v) is 8.99. The second kappa shape index (κ2) is 18.8. The van der Waals surface area contributed by atoms with E-state index in [0.29, 0.717) is 48.4 Å². The number of Topliss-reactive ketones (excluding diaryl/α,β-unsaturated/α-hetero) is 2. The first-order valence-electron chi connectivity index (χ1n) is 18.5. The number of rotatable bonds is 12. The van der Waals surface area contributed by atoms with Crippen molar-refractivity contribution in [3.63, 3.8) is 0 Å². The van der Waals surface area contributed by atoms with E-state index >= 15 is 0 Å². The number of fused-ring (bicyclic) bond motifs is 2. The second-order valence-electron chi connectivity index (χ2n) is 13.4. The molecule has 0 N–H and O–H groups in total. The molecule has 2 aliphatic heterocycles. The molecule has 0 amide bonds. The minimum absolute atomic E-state index is 0.0794. The fourth-order valence-corrected chi connectivity index (χ4v) is 6.31. The van der Waals surface area contributed by atoms with Crippen LogP contribution in [0.15, 0.2) is 109 Å². The number of ether oxygens (including phenoxy) is 2. The van der Waals surface area contributed by atoms with Crippen molar-refractivity contribution >= 4 is 46.0 Å². The van der Waals surface area contributed by atoms with E-state index in [1.807, 2.05) is 0 Å². The molecule has 2 heterocycles. The van der Waals surface area contributed by atoms with Crippen molar-refractivity contribution in [2.75, 3.05) is 36.1 Å². The van der Waals surface area contributed by atoms with Gasteiger partial charge in [0, 0.05) is 43.3 Å². The van der Waals surface area contributed by atoms with Crippen molar-refractivity contribution in [3.8, 4) is 0 Å². The van der Waals surface area contributed by atoms with Gasteiger partial charge in [-0.1, -0.05) is 80.9 Å². The van der Waals surface area contributed by atoms with Gasteiger partial charge in [0.25, 0.3) is 11.6 Å². The quantitative estimate of drug-likeness (QED) is 0.0605. The van der Waals surface area contributed by atoms with E-state index in [-0.39, 0.29) is 41.9 Å². The van der Waals surface area contributed by atoms with Crippen LogP contribution in [0, 0.1) is 0 Å². The maximum atomic E-state index is 13.4. The summed E-state index contributed by atoms with van der Waals surface area (Å²) >= 11 is 0. The third-order valence-electron chi connectivity index (χ3n) is 8.99. The summed E-state index contributed by atoms with van der Waals surface area (Å²) in [6, 6.07) is 24.4. The van der Waals surface area contributed by atoms with E-state index in [2.05, 4.69) is 13.8 Å². The van der Waals surface area contributed by atoms with Crippen LogP contribution in [0.25, 0.3) is 11.1 Å². The lowest BCUT2D eigenvalue weighted by molar-refractivity contribution is -0.164. The first-order valence-corrected chi connectivity index (χ1v) is 18.5. The van der Waals surface area contributed by atoms with Crippen LogP contribution in [0.3, 0.4) is 0 Å². The Morgan fingerprint density at radius 3 is 1.28 bits per heavy atom. The molecule has 2 aliphatic rings. The maximum Gasteiger partial charge on any atom is 0.454 e. The normalized spacial score (nSPS) is 13.9. The summed E-state index contributed by atoms with van der Waals surface area (Å²) in [6.07, 6.45) is -5.52. The molecule has 0 aliphatic carbocycles. The van der Waals surface area contributed by atoms with E-state index < -0.39 is 47.0 Å². The van der Waals surface area contributed by atoms with Gasteiger partial charge in [-0.05, 0) is 71.5 Å². The second-order valence-corrected chi connectivity index (χ2v) is 13.4. The van der Waals surface area contributed by atoms with Crippen LogP contribution >= 0.6 is 0 Å². The van der Waals surface area contributed by atoms with Gasteiger partial charge in [0.1, 0.15) is 0 Å². The minimum Gasteiger partial charge on any atom is -0.462 e. The summed E-state index contributed by atoms with van der Waals surface area (Å²) < 4.78 is 91.2. The van der Waals surface area contributed by atoms with Crippen LogP contribution in [-0.4, -0.2) is 62.2 Å². The molecule has 0 fully saturated rings. The first kappa shape index (κ1) is 43.0. The Morgan fingerprint density at radius 1 is 0.569 bits per heavy atom. The average molecular weight is 807 g/mol. The Hall–Kier alpha value is -6.18. The standard InChI is InChI=1S/C41H32F6N2O6.C3H8/c42-40(43,44)36(50)32(26-8-3-1-4-9-26)24-48-18-16-28-22-30(12-14-34(28)48)38(52)54-20-7-21-55-39(53)31-13-15-35-29(23-31)17-19-49(35)25-33(37(51)41(45,46)47)27-10-5-2-6-11-27;1-3-2/h1-6,8-15,22-25H,7,16-21H2;3H2,1-2H3/b32-24-,33-25-;. The number of carbonyl (C=O) groups is 4. The molecule has 14 heteroatoms. The Kier molecular flexibility index (Phi) is 14.0. The zero-order chi connectivity index (χ0) is 42.0. The minimum atomic E-state index is -5.07. The number of nitrogens with zero attached hydrogens (tertiary/aromatic N) is 2. The number of halogens is 6. The van der Waals surface area contributed by atoms with Gasteiger partial charge in [-0.25, -0.2) is 9.59 Å². The summed E-state index contributed by atoms with van der Waals surface area (Å²) in [7, 11) is 0. The van der Waals surface area contributed by atoms with Crippen molar-refractivity contribution < 1.29 is 55.0 Å². The molecule has 0 radical (unpaired) electrons. The molecule has 0 atom stereocenters. The summed E-state index contributed by atoms with van der Waals surface area (Å²) in [5.74, 6) is -5.23. The van der Waals surface area contributed by atoms with E-state index in [0.717, 1.165) is 0 Å². The predicted molar refractivity (Wildman–Crippen MR) is 207 cm³/mol. The zero-order valence-electron chi connectivity index (χ0n) is 31.7. The smallest absolute Gasteiger partial charge is 0.454 e. The number of hydrogen-bond donors (Lipinski definition) is 0. The van der Waals surface area contributed by atoms with Crippen LogP contribution in [0.2, 0.25) is 0 Å². The van der Waals surface area contributed by atoms with Crippen molar-refractivity contribution in [2.45, 2.75) is 51.9 Å². The van der Waals surface area contributed by atoms with Crippen LogP contribution in [-0.2, 0) is 31.9 Å². The molecule has 304 valence electrons. The molecule has 0 saturated heterocycles. The van der Waals surface area contributed by atoms with Crippen molar-refractivity contribution in [2.24, 2.45) is 0 Å². The van der Waals surface area contributed by atoms with E-state index in [9.17, 15) is 45.5 Å². The van der Waals surface area contributed by atoms with E-state index in [1.54, 1.807) is 46.2 Å². The fourth-order valence-electron chi connectivity index (χ4n) is 6.31. The molecular formula is C44H40F6N2O6. The van der Waals surface area contributed by atoms with Gasteiger partial charge >= 0.3 is 24.3 Å². The molecule has 6 rings (SSSR count). The van der Waals surface area contributed by atoms with Crippen LogP contribution in [0.4, 0.5) is 37.7 Å². The molecule has 0 saturated carbocycles. The topological polar surface area (TPSA) is 93.2 Å². The summed E-state index contributed by atoms with van der Waals surface area (Å²) in [5, 5.41) is 0. The van der Waals surface area contributed by atoms with E-state index in [4.69, 9.17) is 9.47 Å². The maximum absolute atomic E-state index is 13.4. The number of allylic oxidation sites excluding steroid dienone is 2. The Labute approximate surface area is 331 Å². The van der Waals surface area contributed by atoms with Gasteiger partial charge in [0.05, 0.1) is 35.5 Å².